The van der Waals surface area contributed by atoms with Gasteiger partial charge in [-0.1, -0.05) is 11.6 Å². The van der Waals surface area contributed by atoms with Crippen LogP contribution in [0.2, 0.25) is 5.02 Å². The highest BCUT2D eigenvalue weighted by Crippen LogP contribution is 2.32. The number of nitrogens with zero attached hydrogens (tertiary/aromatic N) is 1. The molecule has 1 N–H and O–H groups in total. The van der Waals surface area contributed by atoms with E-state index in [1.54, 1.807) is 0 Å². The van der Waals surface area contributed by atoms with Crippen molar-refractivity contribution in [2.24, 2.45) is 0 Å². The van der Waals surface area contributed by atoms with Gasteiger partial charge in [0.25, 0.3) is 5.56 Å². The van der Waals surface area contributed by atoms with Crippen molar-refractivity contribution in [3.63, 3.8) is 0 Å². The van der Waals surface area contributed by atoms with Crippen LogP contribution in [0, 0.1) is 5.82 Å². The zero-order valence-corrected chi connectivity index (χ0v) is 15.1. The number of ether oxygens (including phenoxy) is 1. The van der Waals surface area contributed by atoms with E-state index in [1.807, 2.05) is 0 Å². The lowest BCUT2D eigenvalue weighted by Crippen LogP contribution is -2.35. The second-order valence-corrected chi connectivity index (χ2v) is 6.71. The molecule has 2 aromatic rings. The third-order valence-corrected chi connectivity index (χ3v) is 4.53. The molecule has 150 valence electrons. The second kappa shape index (κ2) is 7.83. The predicted molar refractivity (Wildman–Crippen MR) is 92.7 cm³/mol. The Balaban J connectivity index is 1.83. The normalized spacial score (nSPS) is 16.7. The van der Waals surface area contributed by atoms with Crippen LogP contribution in [-0.2, 0) is 17.5 Å². The molecular formula is C18H15ClF4N2O3. The monoisotopic (exact) mass is 418 g/mol. The summed E-state index contributed by atoms with van der Waals surface area (Å²) in [5.41, 5.74) is -1.62. The highest BCUT2D eigenvalue weighted by molar-refractivity contribution is 6.30. The molecule has 0 radical (unpaired) electrons. The standard InChI is InChI=1S/C18H15ClF4N2O3/c19-13-6-10(18(21,22)23)8-25(17(13)27)9-16(26)24-14-2-1-5-28-15-4-3-11(20)7-12(14)15/h3-4,6-8,14H,1-2,5,9H2,(H,24,26)/t14-/m1/s1. The lowest BCUT2D eigenvalue weighted by Gasteiger charge is -2.19. The Hall–Kier alpha value is -2.55. The van der Waals surface area contributed by atoms with E-state index in [0.717, 1.165) is 0 Å². The minimum absolute atomic E-state index is 0.383. The summed E-state index contributed by atoms with van der Waals surface area (Å²) < 4.78 is 58.4. The van der Waals surface area contributed by atoms with Crippen molar-refractivity contribution < 1.29 is 27.1 Å². The molecule has 10 heteroatoms. The first kappa shape index (κ1) is 20.2. The Bertz CT molecular complexity index is 959. The average molecular weight is 419 g/mol. The van der Waals surface area contributed by atoms with Crippen LogP contribution in [0.3, 0.4) is 0 Å². The molecule has 0 saturated heterocycles. The summed E-state index contributed by atoms with van der Waals surface area (Å²) in [5, 5.41) is 1.99. The highest BCUT2D eigenvalue weighted by Gasteiger charge is 2.32. The smallest absolute Gasteiger partial charge is 0.417 e. The van der Waals surface area contributed by atoms with E-state index in [4.69, 9.17) is 16.3 Å². The van der Waals surface area contributed by atoms with Crippen molar-refractivity contribution in [1.82, 2.24) is 9.88 Å². The van der Waals surface area contributed by atoms with Gasteiger partial charge in [-0.3, -0.25) is 9.59 Å². The molecular weight excluding hydrogens is 404 g/mol. The van der Waals surface area contributed by atoms with Crippen LogP contribution < -0.4 is 15.6 Å². The first-order valence-electron chi connectivity index (χ1n) is 8.34. The zero-order chi connectivity index (χ0) is 20.5. The molecule has 2 heterocycles. The number of rotatable bonds is 3. The van der Waals surface area contributed by atoms with Crippen molar-refractivity contribution >= 4 is 17.5 Å². The Labute approximate surface area is 161 Å². The van der Waals surface area contributed by atoms with Gasteiger partial charge in [0, 0.05) is 11.8 Å². The van der Waals surface area contributed by atoms with Gasteiger partial charge in [-0.15, -0.1) is 0 Å². The van der Waals surface area contributed by atoms with Crippen molar-refractivity contribution in [1.29, 1.82) is 0 Å². The number of aromatic nitrogens is 1. The maximum atomic E-state index is 13.6. The van der Waals surface area contributed by atoms with Gasteiger partial charge in [-0.05, 0) is 37.1 Å². The summed E-state index contributed by atoms with van der Waals surface area (Å²) in [4.78, 5) is 24.4. The average Bonchev–Trinajstić information content (AvgIpc) is 2.80. The van der Waals surface area contributed by atoms with Crippen molar-refractivity contribution in [2.75, 3.05) is 6.61 Å². The predicted octanol–water partition coefficient (Wildman–Crippen LogP) is 3.69. The number of halogens is 5. The molecule has 0 fully saturated rings. The fourth-order valence-electron chi connectivity index (χ4n) is 2.96. The molecule has 28 heavy (non-hydrogen) atoms. The van der Waals surface area contributed by atoms with Gasteiger partial charge in [0.15, 0.2) is 0 Å². The van der Waals surface area contributed by atoms with E-state index < -0.39 is 46.6 Å². The van der Waals surface area contributed by atoms with Crippen LogP contribution in [0.4, 0.5) is 17.6 Å². The van der Waals surface area contributed by atoms with E-state index in [2.05, 4.69) is 5.32 Å². The minimum Gasteiger partial charge on any atom is -0.493 e. The number of pyridine rings is 1. The third kappa shape index (κ3) is 4.46. The molecule has 0 spiro atoms. The summed E-state index contributed by atoms with van der Waals surface area (Å²) in [6.45, 7) is -0.280. The summed E-state index contributed by atoms with van der Waals surface area (Å²) >= 11 is 5.58. The van der Waals surface area contributed by atoms with Gasteiger partial charge in [0.1, 0.15) is 23.1 Å². The summed E-state index contributed by atoms with van der Waals surface area (Å²) in [6, 6.07) is 3.83. The Morgan fingerprint density at radius 3 is 2.79 bits per heavy atom. The van der Waals surface area contributed by atoms with E-state index in [9.17, 15) is 27.2 Å². The maximum Gasteiger partial charge on any atom is 0.417 e. The van der Waals surface area contributed by atoms with Crippen molar-refractivity contribution in [3.05, 3.63) is 62.8 Å². The molecule has 1 aromatic heterocycles. The molecule has 1 aliphatic rings. The summed E-state index contributed by atoms with van der Waals surface area (Å²) in [7, 11) is 0. The Morgan fingerprint density at radius 1 is 1.32 bits per heavy atom. The van der Waals surface area contributed by atoms with Gasteiger partial charge >= 0.3 is 6.18 Å². The Morgan fingerprint density at radius 2 is 2.07 bits per heavy atom. The fraction of sp³-hybridized carbons (Fsp3) is 0.333. The molecule has 5 nitrogen and oxygen atoms in total. The second-order valence-electron chi connectivity index (χ2n) is 6.30. The summed E-state index contributed by atoms with van der Waals surface area (Å²) in [6.07, 6.45) is -3.15. The van der Waals surface area contributed by atoms with Gasteiger partial charge < -0.3 is 14.6 Å². The van der Waals surface area contributed by atoms with E-state index >= 15 is 0 Å². The van der Waals surface area contributed by atoms with E-state index in [0.29, 0.717) is 47.6 Å². The minimum atomic E-state index is -4.72. The van der Waals surface area contributed by atoms with Crippen LogP contribution >= 0.6 is 11.6 Å². The number of amides is 1. The van der Waals surface area contributed by atoms with Gasteiger partial charge in [-0.2, -0.15) is 13.2 Å². The third-order valence-electron chi connectivity index (χ3n) is 4.26. The Kier molecular flexibility index (Phi) is 5.64. The highest BCUT2D eigenvalue weighted by atomic mass is 35.5. The molecule has 1 aliphatic heterocycles. The summed E-state index contributed by atoms with van der Waals surface area (Å²) in [5.74, 6) is -0.799. The SMILES string of the molecule is O=C(Cn1cc(C(F)(F)F)cc(Cl)c1=O)N[C@@H]1CCCOc2ccc(F)cc21. The van der Waals surface area contributed by atoms with Gasteiger partial charge in [-0.25, -0.2) is 4.39 Å². The number of fused-ring (bicyclic) bond motifs is 1. The van der Waals surface area contributed by atoms with Gasteiger partial charge in [0.05, 0.1) is 18.2 Å². The number of nitrogens with one attached hydrogen (secondary N) is 1. The number of benzene rings is 1. The zero-order valence-electron chi connectivity index (χ0n) is 14.4. The number of carbonyl (C=O) groups excluding carboxylic acids is 1. The molecule has 0 bridgehead atoms. The first-order chi connectivity index (χ1) is 13.1. The van der Waals surface area contributed by atoms with Crippen LogP contribution in [0.1, 0.15) is 30.0 Å². The topological polar surface area (TPSA) is 60.3 Å². The lowest BCUT2D eigenvalue weighted by atomic mass is 10.0. The van der Waals surface area contributed by atoms with Crippen LogP contribution in [0.5, 0.6) is 5.75 Å². The van der Waals surface area contributed by atoms with Gasteiger partial charge in [0.2, 0.25) is 5.91 Å². The molecule has 0 saturated carbocycles. The molecule has 0 unspecified atom stereocenters. The maximum absolute atomic E-state index is 13.6. The lowest BCUT2D eigenvalue weighted by molar-refractivity contribution is -0.138. The number of hydrogen-bond donors (Lipinski definition) is 1. The van der Waals surface area contributed by atoms with Crippen molar-refractivity contribution in [3.8, 4) is 5.75 Å². The van der Waals surface area contributed by atoms with E-state index in [-0.39, 0.29) is 0 Å². The number of alkyl halides is 3. The molecule has 0 aliphatic carbocycles. The van der Waals surface area contributed by atoms with Crippen LogP contribution in [0.15, 0.2) is 35.3 Å². The number of carbonyl (C=O) groups is 1. The fourth-order valence-corrected chi connectivity index (χ4v) is 3.19. The van der Waals surface area contributed by atoms with Crippen LogP contribution in [0.25, 0.3) is 0 Å². The van der Waals surface area contributed by atoms with Crippen LogP contribution in [-0.4, -0.2) is 17.1 Å². The molecule has 3 rings (SSSR count). The molecule has 1 aromatic carbocycles. The number of hydrogen-bond acceptors (Lipinski definition) is 3. The van der Waals surface area contributed by atoms with E-state index in [1.165, 1.54) is 18.2 Å². The molecule has 1 amide bonds. The van der Waals surface area contributed by atoms with Crippen molar-refractivity contribution in [2.45, 2.75) is 31.6 Å². The molecule has 1 atom stereocenters. The first-order valence-corrected chi connectivity index (χ1v) is 8.72. The quantitative estimate of drug-likeness (QED) is 0.773. The largest absolute Gasteiger partial charge is 0.493 e.